The van der Waals surface area contributed by atoms with Crippen molar-refractivity contribution in [2.24, 2.45) is 5.41 Å². The molecule has 0 fully saturated rings. The standard InChI is InChI=1S/C27H27NO3/c1-27(2)14-19-25(21(29)15-27)24-18-8-6-5-7-16(18)9-11-20(24)28-26(19)17-10-12-22(30-3)23(13-17)31-4/h5-13,26,28H,14-15H2,1-4H3/t26-/m1/s1. The zero-order valence-corrected chi connectivity index (χ0v) is 18.4. The smallest absolute Gasteiger partial charge is 0.164 e. The first-order valence-electron chi connectivity index (χ1n) is 10.7. The maximum absolute atomic E-state index is 13.5. The van der Waals surface area contributed by atoms with Crippen LogP contribution in [0.2, 0.25) is 0 Å². The van der Waals surface area contributed by atoms with E-state index in [2.05, 4.69) is 49.5 Å². The number of nitrogens with one attached hydrogen (secondary N) is 1. The molecule has 0 radical (unpaired) electrons. The van der Waals surface area contributed by atoms with Gasteiger partial charge < -0.3 is 14.8 Å². The Labute approximate surface area is 182 Å². The second-order valence-corrected chi connectivity index (χ2v) is 9.24. The molecule has 0 bridgehead atoms. The average molecular weight is 414 g/mol. The van der Waals surface area contributed by atoms with Gasteiger partial charge in [0.05, 0.1) is 20.3 Å². The minimum absolute atomic E-state index is 0.0749. The van der Waals surface area contributed by atoms with Gasteiger partial charge in [-0.3, -0.25) is 4.79 Å². The van der Waals surface area contributed by atoms with Gasteiger partial charge in [0.2, 0.25) is 0 Å². The zero-order chi connectivity index (χ0) is 21.8. The van der Waals surface area contributed by atoms with Crippen molar-refractivity contribution in [2.45, 2.75) is 32.7 Å². The molecular weight excluding hydrogens is 386 g/mol. The highest BCUT2D eigenvalue weighted by Crippen LogP contribution is 2.52. The number of anilines is 1. The maximum atomic E-state index is 13.5. The Hall–Kier alpha value is -3.27. The molecule has 1 aliphatic heterocycles. The van der Waals surface area contributed by atoms with Crippen LogP contribution in [0.5, 0.6) is 11.5 Å². The van der Waals surface area contributed by atoms with Gasteiger partial charge in [0.25, 0.3) is 0 Å². The topological polar surface area (TPSA) is 47.6 Å². The van der Waals surface area contributed by atoms with Crippen LogP contribution in [0.1, 0.15) is 43.9 Å². The number of hydrogen-bond acceptors (Lipinski definition) is 4. The van der Waals surface area contributed by atoms with E-state index >= 15 is 0 Å². The summed E-state index contributed by atoms with van der Waals surface area (Å²) in [7, 11) is 3.29. The van der Waals surface area contributed by atoms with Crippen molar-refractivity contribution >= 4 is 27.8 Å². The quantitative estimate of drug-likeness (QED) is 0.558. The van der Waals surface area contributed by atoms with Crippen LogP contribution in [-0.4, -0.2) is 20.0 Å². The third-order valence-corrected chi connectivity index (χ3v) is 6.48. The number of ether oxygens (including phenoxy) is 2. The van der Waals surface area contributed by atoms with Crippen LogP contribution in [-0.2, 0) is 4.79 Å². The molecule has 3 aromatic rings. The van der Waals surface area contributed by atoms with E-state index in [-0.39, 0.29) is 17.2 Å². The lowest BCUT2D eigenvalue weighted by atomic mass is 9.68. The number of fused-ring (bicyclic) bond motifs is 4. The van der Waals surface area contributed by atoms with Crippen molar-refractivity contribution in [3.05, 3.63) is 71.3 Å². The van der Waals surface area contributed by atoms with E-state index in [0.717, 1.165) is 45.2 Å². The Morgan fingerprint density at radius 3 is 2.48 bits per heavy atom. The van der Waals surface area contributed by atoms with Crippen molar-refractivity contribution in [3.63, 3.8) is 0 Å². The Bertz CT molecular complexity index is 1240. The van der Waals surface area contributed by atoms with Gasteiger partial charge in [-0.25, -0.2) is 0 Å². The number of carbonyl (C=O) groups excluding carboxylic acids is 1. The number of allylic oxidation sites excluding steroid dienone is 1. The molecule has 31 heavy (non-hydrogen) atoms. The number of carbonyl (C=O) groups is 1. The van der Waals surface area contributed by atoms with Gasteiger partial charge in [0, 0.05) is 23.2 Å². The molecule has 1 aliphatic carbocycles. The lowest BCUT2D eigenvalue weighted by Crippen LogP contribution is -2.32. The highest BCUT2D eigenvalue weighted by molar-refractivity contribution is 6.28. The first-order chi connectivity index (χ1) is 14.9. The van der Waals surface area contributed by atoms with E-state index in [9.17, 15) is 4.79 Å². The third-order valence-electron chi connectivity index (χ3n) is 6.48. The normalized spacial score (nSPS) is 19.5. The predicted molar refractivity (Wildman–Crippen MR) is 125 cm³/mol. The molecule has 0 amide bonds. The lowest BCUT2D eigenvalue weighted by Gasteiger charge is -2.40. The van der Waals surface area contributed by atoms with E-state index in [1.54, 1.807) is 14.2 Å². The monoisotopic (exact) mass is 413 g/mol. The summed E-state index contributed by atoms with van der Waals surface area (Å²) in [5.41, 5.74) is 5.10. The summed E-state index contributed by atoms with van der Waals surface area (Å²) in [6, 6.07) is 18.4. The molecular formula is C27H27NO3. The Morgan fingerprint density at radius 1 is 0.935 bits per heavy atom. The Balaban J connectivity index is 1.76. The van der Waals surface area contributed by atoms with Crippen LogP contribution < -0.4 is 14.8 Å². The van der Waals surface area contributed by atoms with E-state index < -0.39 is 0 Å². The zero-order valence-electron chi connectivity index (χ0n) is 18.4. The van der Waals surface area contributed by atoms with Gasteiger partial charge in [0.15, 0.2) is 17.3 Å². The molecule has 0 unspecified atom stereocenters. The molecule has 3 aromatic carbocycles. The van der Waals surface area contributed by atoms with Crippen LogP contribution in [0.25, 0.3) is 16.3 Å². The van der Waals surface area contributed by atoms with Crippen molar-refractivity contribution in [1.82, 2.24) is 0 Å². The van der Waals surface area contributed by atoms with E-state index in [0.29, 0.717) is 17.9 Å². The summed E-state index contributed by atoms with van der Waals surface area (Å²) in [6.45, 7) is 4.36. The lowest BCUT2D eigenvalue weighted by molar-refractivity contribution is -0.116. The number of hydrogen-bond donors (Lipinski definition) is 1. The van der Waals surface area contributed by atoms with Crippen LogP contribution in [0, 0.1) is 5.41 Å². The summed E-state index contributed by atoms with van der Waals surface area (Å²) in [5, 5.41) is 6.02. The third kappa shape index (κ3) is 3.18. The van der Waals surface area contributed by atoms with Gasteiger partial charge in [0.1, 0.15) is 0 Å². The van der Waals surface area contributed by atoms with Gasteiger partial charge in [-0.05, 0) is 51.9 Å². The predicted octanol–water partition coefficient (Wildman–Crippen LogP) is 6.17. The average Bonchev–Trinajstić information content (AvgIpc) is 2.76. The molecule has 0 spiro atoms. The highest BCUT2D eigenvalue weighted by Gasteiger charge is 2.40. The second kappa shape index (κ2) is 7.16. The minimum atomic E-state index is -0.0907. The molecule has 1 atom stereocenters. The maximum Gasteiger partial charge on any atom is 0.164 e. The van der Waals surface area contributed by atoms with Crippen molar-refractivity contribution in [2.75, 3.05) is 19.5 Å². The fourth-order valence-electron chi connectivity index (χ4n) is 5.14. The van der Waals surface area contributed by atoms with E-state index in [1.165, 1.54) is 0 Å². The van der Waals surface area contributed by atoms with E-state index in [1.807, 2.05) is 24.3 Å². The fraction of sp³-hybridized carbons (Fsp3) is 0.296. The molecule has 0 aromatic heterocycles. The Morgan fingerprint density at radius 2 is 1.71 bits per heavy atom. The summed E-state index contributed by atoms with van der Waals surface area (Å²) >= 11 is 0. The molecule has 5 rings (SSSR count). The number of rotatable bonds is 3. The van der Waals surface area contributed by atoms with Crippen LogP contribution in [0.3, 0.4) is 0 Å². The first-order valence-corrected chi connectivity index (χ1v) is 10.7. The fourth-order valence-corrected chi connectivity index (χ4v) is 5.14. The van der Waals surface area contributed by atoms with Gasteiger partial charge in [-0.15, -0.1) is 0 Å². The summed E-state index contributed by atoms with van der Waals surface area (Å²) in [6.07, 6.45) is 1.43. The van der Waals surface area contributed by atoms with Gasteiger partial charge in [-0.1, -0.05) is 50.2 Å². The summed E-state index contributed by atoms with van der Waals surface area (Å²) < 4.78 is 11.0. The molecule has 0 saturated heterocycles. The van der Waals surface area contributed by atoms with Crippen molar-refractivity contribution < 1.29 is 14.3 Å². The molecule has 4 heteroatoms. The van der Waals surface area contributed by atoms with Crippen molar-refractivity contribution in [3.8, 4) is 11.5 Å². The van der Waals surface area contributed by atoms with Gasteiger partial charge in [-0.2, -0.15) is 0 Å². The number of methoxy groups -OCH3 is 2. The molecule has 1 heterocycles. The second-order valence-electron chi connectivity index (χ2n) is 9.24. The van der Waals surface area contributed by atoms with Crippen molar-refractivity contribution in [1.29, 1.82) is 0 Å². The molecule has 0 saturated carbocycles. The molecule has 1 N–H and O–H groups in total. The molecule has 4 nitrogen and oxygen atoms in total. The number of benzene rings is 3. The minimum Gasteiger partial charge on any atom is -0.493 e. The van der Waals surface area contributed by atoms with Crippen LogP contribution in [0.15, 0.2) is 60.2 Å². The Kier molecular flexibility index (Phi) is 4.54. The molecule has 158 valence electrons. The van der Waals surface area contributed by atoms with E-state index in [4.69, 9.17) is 9.47 Å². The first kappa shape index (κ1) is 19.7. The summed E-state index contributed by atoms with van der Waals surface area (Å²) in [4.78, 5) is 13.5. The SMILES string of the molecule is COc1ccc([C@H]2Nc3ccc4ccccc4c3C3=C2CC(C)(C)CC3=O)cc1OC. The number of ketones is 1. The highest BCUT2D eigenvalue weighted by atomic mass is 16.5. The largest absolute Gasteiger partial charge is 0.493 e. The van der Waals surface area contributed by atoms with Gasteiger partial charge >= 0.3 is 0 Å². The number of Topliss-reactive ketones (excluding diaryl/α,β-unsaturated/α-hetero) is 1. The summed E-state index contributed by atoms with van der Waals surface area (Å²) in [5.74, 6) is 1.62. The van der Waals surface area contributed by atoms with Crippen LogP contribution >= 0.6 is 0 Å². The van der Waals surface area contributed by atoms with Crippen LogP contribution in [0.4, 0.5) is 5.69 Å². The molecule has 2 aliphatic rings.